The van der Waals surface area contributed by atoms with Crippen LogP contribution in [0.1, 0.15) is 18.5 Å². The third-order valence-corrected chi connectivity index (χ3v) is 4.01. The fourth-order valence-electron chi connectivity index (χ4n) is 1.72. The van der Waals surface area contributed by atoms with Gasteiger partial charge in [-0.1, -0.05) is 47.1 Å². The number of aromatic nitrogens is 2. The van der Waals surface area contributed by atoms with Crippen LogP contribution < -0.4 is 5.32 Å². The number of hydrogen-bond donors (Lipinski definition) is 2. The number of thioether (sulfide) groups is 1. The number of aliphatic carboxylic acids is 1. The standard InChI is InChI=1S/C14H13Cl2N3O2S/c1-8(9-2-4-10(15)5-3-9)17-12-6-11(16)18-14(19-12)22-7-13(20)21/h2-6,8H,7H2,1H3,(H,20,21)(H,17,18,19). The smallest absolute Gasteiger partial charge is 0.313 e. The van der Waals surface area contributed by atoms with Gasteiger partial charge in [0.25, 0.3) is 0 Å². The number of nitrogens with zero attached hydrogens (tertiary/aromatic N) is 2. The topological polar surface area (TPSA) is 75.1 Å². The van der Waals surface area contributed by atoms with E-state index in [1.807, 2.05) is 31.2 Å². The lowest BCUT2D eigenvalue weighted by atomic mass is 10.1. The first-order valence-electron chi connectivity index (χ1n) is 6.35. The summed E-state index contributed by atoms with van der Waals surface area (Å²) in [6, 6.07) is 9.05. The van der Waals surface area contributed by atoms with Gasteiger partial charge in [0.15, 0.2) is 5.16 Å². The second-order valence-corrected chi connectivity index (χ2v) is 6.22. The zero-order chi connectivity index (χ0) is 16.1. The summed E-state index contributed by atoms with van der Waals surface area (Å²) in [4.78, 5) is 18.8. The number of rotatable bonds is 6. The van der Waals surface area contributed by atoms with Crippen LogP contribution in [0.15, 0.2) is 35.5 Å². The Morgan fingerprint density at radius 3 is 2.64 bits per heavy atom. The Morgan fingerprint density at radius 1 is 1.32 bits per heavy atom. The van der Waals surface area contributed by atoms with E-state index in [0.717, 1.165) is 17.3 Å². The molecule has 0 saturated heterocycles. The van der Waals surface area contributed by atoms with Crippen LogP contribution in [-0.2, 0) is 4.79 Å². The minimum absolute atomic E-state index is 0.0134. The molecule has 116 valence electrons. The lowest BCUT2D eigenvalue weighted by Gasteiger charge is -2.15. The number of carboxylic acids is 1. The normalized spacial score (nSPS) is 12.0. The summed E-state index contributed by atoms with van der Waals surface area (Å²) in [5.41, 5.74) is 1.04. The van der Waals surface area contributed by atoms with Crippen LogP contribution in [0.25, 0.3) is 0 Å². The molecule has 0 aliphatic rings. The maximum Gasteiger partial charge on any atom is 0.313 e. The Hall–Kier alpha value is -1.50. The Morgan fingerprint density at radius 2 is 2.00 bits per heavy atom. The molecule has 0 amide bonds. The molecule has 0 spiro atoms. The second kappa shape index (κ2) is 7.67. The van der Waals surface area contributed by atoms with Gasteiger partial charge in [0.1, 0.15) is 11.0 Å². The van der Waals surface area contributed by atoms with E-state index in [1.165, 1.54) is 0 Å². The summed E-state index contributed by atoms with van der Waals surface area (Å²) in [6.45, 7) is 1.98. The summed E-state index contributed by atoms with van der Waals surface area (Å²) < 4.78 is 0. The maximum absolute atomic E-state index is 10.6. The van der Waals surface area contributed by atoms with Gasteiger partial charge in [0.2, 0.25) is 0 Å². The first-order valence-corrected chi connectivity index (χ1v) is 8.09. The average molecular weight is 358 g/mol. The van der Waals surface area contributed by atoms with E-state index in [0.29, 0.717) is 16.0 Å². The van der Waals surface area contributed by atoms with Crippen molar-refractivity contribution in [3.05, 3.63) is 46.1 Å². The summed E-state index contributed by atoms with van der Waals surface area (Å²) in [5, 5.41) is 13.2. The zero-order valence-corrected chi connectivity index (χ0v) is 13.9. The predicted molar refractivity (Wildman–Crippen MR) is 88.9 cm³/mol. The maximum atomic E-state index is 10.6. The number of carbonyl (C=O) groups is 1. The minimum Gasteiger partial charge on any atom is -0.481 e. The number of nitrogens with one attached hydrogen (secondary N) is 1. The number of carboxylic acid groups (broad SMARTS) is 1. The van der Waals surface area contributed by atoms with Crippen molar-refractivity contribution in [3.63, 3.8) is 0 Å². The van der Waals surface area contributed by atoms with Gasteiger partial charge in [-0.25, -0.2) is 9.97 Å². The summed E-state index contributed by atoms with van der Waals surface area (Å²) >= 11 is 12.8. The van der Waals surface area contributed by atoms with Crippen molar-refractivity contribution in [2.75, 3.05) is 11.1 Å². The molecule has 2 N–H and O–H groups in total. The predicted octanol–water partition coefficient (Wildman–Crippen LogP) is 4.13. The second-order valence-electron chi connectivity index (χ2n) is 4.46. The monoisotopic (exact) mass is 357 g/mol. The summed E-state index contributed by atoms with van der Waals surface area (Å²) in [7, 11) is 0. The minimum atomic E-state index is -0.933. The number of hydrogen-bond acceptors (Lipinski definition) is 5. The molecule has 0 saturated carbocycles. The highest BCUT2D eigenvalue weighted by Crippen LogP contribution is 2.23. The zero-order valence-electron chi connectivity index (χ0n) is 11.6. The van der Waals surface area contributed by atoms with Crippen molar-refractivity contribution < 1.29 is 9.90 Å². The summed E-state index contributed by atoms with van der Waals surface area (Å²) in [5.74, 6) is -0.514. The molecule has 2 aromatic rings. The van der Waals surface area contributed by atoms with Gasteiger partial charge >= 0.3 is 5.97 Å². The largest absolute Gasteiger partial charge is 0.481 e. The van der Waals surface area contributed by atoms with Crippen LogP contribution in [-0.4, -0.2) is 26.8 Å². The number of halogens is 2. The molecule has 5 nitrogen and oxygen atoms in total. The first kappa shape index (κ1) is 16.9. The highest BCUT2D eigenvalue weighted by Gasteiger charge is 2.10. The van der Waals surface area contributed by atoms with E-state index in [9.17, 15) is 4.79 Å². The van der Waals surface area contributed by atoms with E-state index in [2.05, 4.69) is 15.3 Å². The van der Waals surface area contributed by atoms with E-state index in [4.69, 9.17) is 28.3 Å². The molecule has 0 aliphatic heterocycles. The molecule has 0 aliphatic carbocycles. The van der Waals surface area contributed by atoms with Crippen LogP contribution in [0.2, 0.25) is 10.2 Å². The van der Waals surface area contributed by atoms with Gasteiger partial charge in [0, 0.05) is 17.1 Å². The van der Waals surface area contributed by atoms with Crippen LogP contribution in [0.3, 0.4) is 0 Å². The van der Waals surface area contributed by atoms with Crippen molar-refractivity contribution >= 4 is 46.8 Å². The van der Waals surface area contributed by atoms with Crippen molar-refractivity contribution in [1.82, 2.24) is 9.97 Å². The van der Waals surface area contributed by atoms with Crippen molar-refractivity contribution in [2.24, 2.45) is 0 Å². The Labute approximate surface area is 142 Å². The van der Waals surface area contributed by atoms with Crippen molar-refractivity contribution in [1.29, 1.82) is 0 Å². The number of anilines is 1. The van der Waals surface area contributed by atoms with Crippen LogP contribution in [0, 0.1) is 0 Å². The fourth-order valence-corrected chi connectivity index (χ4v) is 2.66. The molecule has 0 radical (unpaired) electrons. The molecule has 0 bridgehead atoms. The van der Waals surface area contributed by atoms with Crippen LogP contribution in [0.5, 0.6) is 0 Å². The van der Waals surface area contributed by atoms with Gasteiger partial charge in [-0.15, -0.1) is 0 Å². The lowest BCUT2D eigenvalue weighted by molar-refractivity contribution is -0.133. The molecule has 8 heteroatoms. The third-order valence-electron chi connectivity index (χ3n) is 2.73. The van der Waals surface area contributed by atoms with Gasteiger partial charge < -0.3 is 10.4 Å². The first-order chi connectivity index (χ1) is 10.4. The van der Waals surface area contributed by atoms with Gasteiger partial charge in [-0.3, -0.25) is 4.79 Å². The number of benzene rings is 1. The van der Waals surface area contributed by atoms with Crippen molar-refractivity contribution in [2.45, 2.75) is 18.1 Å². The quantitative estimate of drug-likeness (QED) is 0.459. The molecule has 1 aromatic carbocycles. The molecule has 1 atom stereocenters. The molecule has 1 unspecified atom stereocenters. The molecule has 0 fully saturated rings. The van der Waals surface area contributed by atoms with E-state index in [1.54, 1.807) is 6.07 Å². The van der Waals surface area contributed by atoms with E-state index >= 15 is 0 Å². The molecule has 1 aromatic heterocycles. The molecule has 1 heterocycles. The van der Waals surface area contributed by atoms with Gasteiger partial charge in [-0.05, 0) is 24.6 Å². The highest BCUT2D eigenvalue weighted by atomic mass is 35.5. The van der Waals surface area contributed by atoms with Crippen molar-refractivity contribution in [3.8, 4) is 0 Å². The van der Waals surface area contributed by atoms with Gasteiger partial charge in [-0.2, -0.15) is 0 Å². The van der Waals surface area contributed by atoms with E-state index in [-0.39, 0.29) is 16.9 Å². The molecular formula is C14H13Cl2N3O2S. The van der Waals surface area contributed by atoms with Crippen LogP contribution in [0.4, 0.5) is 5.82 Å². The highest BCUT2D eigenvalue weighted by molar-refractivity contribution is 7.99. The Kier molecular flexibility index (Phi) is 5.88. The third kappa shape index (κ3) is 5.05. The van der Waals surface area contributed by atoms with E-state index < -0.39 is 5.97 Å². The fraction of sp³-hybridized carbons (Fsp3) is 0.214. The Balaban J connectivity index is 2.11. The average Bonchev–Trinajstić information content (AvgIpc) is 2.45. The Bertz CT molecular complexity index is 668. The van der Waals surface area contributed by atoms with Crippen LogP contribution >= 0.6 is 35.0 Å². The molecule has 2 rings (SSSR count). The molecule has 22 heavy (non-hydrogen) atoms. The lowest BCUT2D eigenvalue weighted by Crippen LogP contribution is -2.09. The molecular weight excluding hydrogens is 345 g/mol. The van der Waals surface area contributed by atoms with Gasteiger partial charge in [0.05, 0.1) is 5.75 Å². The SMILES string of the molecule is CC(Nc1cc(Cl)nc(SCC(=O)O)n1)c1ccc(Cl)cc1. The summed E-state index contributed by atoms with van der Waals surface area (Å²) in [6.07, 6.45) is 0.